The molecule has 0 saturated heterocycles. The maximum atomic E-state index is 5.81. The highest BCUT2D eigenvalue weighted by Crippen LogP contribution is 2.19. The number of unbranched alkanes of at least 4 members (excludes halogenated alkanes) is 10. The van der Waals surface area contributed by atoms with E-state index in [0.29, 0.717) is 64.3 Å². The average molecular weight is 468 g/mol. The Balaban J connectivity index is 1.67. The van der Waals surface area contributed by atoms with Crippen molar-refractivity contribution in [3.05, 3.63) is 24.3 Å². The molecule has 0 heterocycles. The largest absolute Gasteiger partial charge is 0.489 e. The third-order valence-electron chi connectivity index (χ3n) is 5.41. The van der Waals surface area contributed by atoms with E-state index in [9.17, 15) is 0 Å². The molecule has 0 bridgehead atoms. The highest BCUT2D eigenvalue weighted by atomic mass is 16.6. The van der Waals surface area contributed by atoms with Gasteiger partial charge in [0.15, 0.2) is 0 Å². The van der Waals surface area contributed by atoms with Gasteiger partial charge in [0.05, 0.1) is 51.9 Å². The van der Waals surface area contributed by atoms with Crippen molar-refractivity contribution >= 4 is 5.69 Å². The minimum Gasteiger partial charge on any atom is -0.489 e. The summed E-state index contributed by atoms with van der Waals surface area (Å²) in [6, 6.07) is 7.44. The molecule has 0 fully saturated rings. The topological polar surface area (TPSA) is 72.2 Å². The first kappa shape index (κ1) is 29.7. The average Bonchev–Trinajstić information content (AvgIpc) is 2.83. The molecule has 0 aliphatic carbocycles. The molecule has 0 saturated carbocycles. The summed E-state index contributed by atoms with van der Waals surface area (Å²) in [4.78, 5) is 0. The molecule has 0 aliphatic rings. The summed E-state index contributed by atoms with van der Waals surface area (Å²) >= 11 is 0. The van der Waals surface area contributed by atoms with Crippen molar-refractivity contribution < 1.29 is 23.7 Å². The van der Waals surface area contributed by atoms with Crippen molar-refractivity contribution in [3.8, 4) is 5.75 Å². The highest BCUT2D eigenvalue weighted by Gasteiger charge is 1.98. The van der Waals surface area contributed by atoms with Gasteiger partial charge >= 0.3 is 0 Å². The molecule has 0 spiro atoms. The van der Waals surface area contributed by atoms with E-state index >= 15 is 0 Å². The van der Waals surface area contributed by atoms with Gasteiger partial charge in [0.2, 0.25) is 0 Å². The van der Waals surface area contributed by atoms with Gasteiger partial charge in [-0.3, -0.25) is 0 Å². The fourth-order valence-electron chi connectivity index (χ4n) is 3.45. The summed E-state index contributed by atoms with van der Waals surface area (Å²) in [5.74, 6) is 0.692. The molecule has 6 nitrogen and oxygen atoms in total. The second kappa shape index (κ2) is 23.8. The lowest BCUT2D eigenvalue weighted by molar-refractivity contribution is -0.00485. The molecular weight excluding hydrogens is 418 g/mol. The van der Waals surface area contributed by atoms with Gasteiger partial charge in [-0.05, 0) is 18.6 Å². The molecule has 0 atom stereocenters. The number of nitrogen functional groups attached to an aromatic ring is 1. The number of anilines is 1. The van der Waals surface area contributed by atoms with Gasteiger partial charge in [-0.15, -0.1) is 0 Å². The fourth-order valence-corrected chi connectivity index (χ4v) is 3.45. The molecule has 2 N–H and O–H groups in total. The second-order valence-electron chi connectivity index (χ2n) is 8.37. The van der Waals surface area contributed by atoms with Crippen LogP contribution in [0.3, 0.4) is 0 Å². The van der Waals surface area contributed by atoms with Gasteiger partial charge < -0.3 is 29.4 Å². The second-order valence-corrected chi connectivity index (χ2v) is 8.37. The molecule has 0 aromatic heterocycles. The van der Waals surface area contributed by atoms with Crippen LogP contribution in [0, 0.1) is 0 Å². The molecule has 1 rings (SSSR count). The molecule has 0 radical (unpaired) electrons. The van der Waals surface area contributed by atoms with Crippen LogP contribution in [-0.4, -0.2) is 59.5 Å². The molecule has 6 heteroatoms. The van der Waals surface area contributed by atoms with E-state index in [1.165, 1.54) is 64.2 Å². The lowest BCUT2D eigenvalue weighted by Gasteiger charge is -2.09. The third-order valence-corrected chi connectivity index (χ3v) is 5.41. The third kappa shape index (κ3) is 19.8. The van der Waals surface area contributed by atoms with E-state index < -0.39 is 0 Å². The number of hydrogen-bond donors (Lipinski definition) is 1. The summed E-state index contributed by atoms with van der Waals surface area (Å²) in [6.45, 7) is 7.61. The van der Waals surface area contributed by atoms with Crippen molar-refractivity contribution in [1.29, 1.82) is 0 Å². The molecule has 0 amide bonds. The Morgan fingerprint density at radius 1 is 0.515 bits per heavy atom. The van der Waals surface area contributed by atoms with Crippen molar-refractivity contribution in [1.82, 2.24) is 0 Å². The first-order valence-corrected chi connectivity index (χ1v) is 13.1. The zero-order chi connectivity index (χ0) is 23.7. The van der Waals surface area contributed by atoms with Crippen LogP contribution < -0.4 is 10.5 Å². The molecule has 0 aliphatic heterocycles. The van der Waals surface area contributed by atoms with E-state index in [1.54, 1.807) is 0 Å². The van der Waals surface area contributed by atoms with Crippen molar-refractivity contribution in [2.75, 3.05) is 65.2 Å². The first-order chi connectivity index (χ1) is 16.3. The first-order valence-electron chi connectivity index (χ1n) is 13.1. The fraction of sp³-hybridized carbons (Fsp3) is 0.778. The summed E-state index contributed by atoms with van der Waals surface area (Å²) in [5.41, 5.74) is 6.45. The number of benzene rings is 1. The number of nitrogens with two attached hydrogens (primary N) is 1. The Labute approximate surface area is 202 Å². The number of hydrogen-bond acceptors (Lipinski definition) is 6. The predicted molar refractivity (Wildman–Crippen MR) is 136 cm³/mol. The van der Waals surface area contributed by atoms with Crippen molar-refractivity contribution in [3.63, 3.8) is 0 Å². The maximum Gasteiger partial charge on any atom is 0.142 e. The molecule has 192 valence electrons. The Bertz CT molecular complexity index is 529. The van der Waals surface area contributed by atoms with Crippen LogP contribution in [0.1, 0.15) is 77.6 Å². The Kier molecular flexibility index (Phi) is 21.4. The van der Waals surface area contributed by atoms with Gasteiger partial charge in [0, 0.05) is 6.61 Å². The monoisotopic (exact) mass is 467 g/mol. The highest BCUT2D eigenvalue weighted by molar-refractivity contribution is 5.51. The van der Waals surface area contributed by atoms with E-state index in [1.807, 2.05) is 24.3 Å². The van der Waals surface area contributed by atoms with E-state index in [-0.39, 0.29) is 0 Å². The minimum atomic E-state index is 0.469. The van der Waals surface area contributed by atoms with Crippen molar-refractivity contribution in [2.45, 2.75) is 77.6 Å². The number of ether oxygens (including phenoxy) is 5. The Morgan fingerprint density at radius 2 is 0.939 bits per heavy atom. The van der Waals surface area contributed by atoms with Gasteiger partial charge in [0.1, 0.15) is 12.4 Å². The summed E-state index contributed by atoms with van der Waals surface area (Å²) in [5, 5.41) is 0. The molecule has 1 aromatic rings. The van der Waals surface area contributed by atoms with E-state index in [4.69, 9.17) is 29.4 Å². The zero-order valence-corrected chi connectivity index (χ0v) is 21.1. The van der Waals surface area contributed by atoms with Crippen LogP contribution in [0.15, 0.2) is 24.3 Å². The normalized spacial score (nSPS) is 11.2. The number of rotatable bonds is 25. The molecule has 1 aromatic carbocycles. The quantitative estimate of drug-likeness (QED) is 0.140. The van der Waals surface area contributed by atoms with Crippen LogP contribution in [0.5, 0.6) is 5.75 Å². The van der Waals surface area contributed by atoms with Crippen LogP contribution in [-0.2, 0) is 18.9 Å². The maximum absolute atomic E-state index is 5.81. The minimum absolute atomic E-state index is 0.469. The standard InChI is InChI=1S/C27H49NO5/c1-2-3-4-5-6-7-8-9-10-11-14-17-29-18-19-30-20-21-31-22-23-32-24-25-33-27-16-13-12-15-26(27)28/h12-13,15-16H,2-11,14,17-25,28H2,1H3. The van der Waals surface area contributed by atoms with Gasteiger partial charge in [-0.25, -0.2) is 0 Å². The lowest BCUT2D eigenvalue weighted by atomic mass is 10.1. The number of para-hydroxylation sites is 2. The molecule has 33 heavy (non-hydrogen) atoms. The molecule has 0 unspecified atom stereocenters. The zero-order valence-electron chi connectivity index (χ0n) is 21.1. The van der Waals surface area contributed by atoms with Crippen LogP contribution in [0.4, 0.5) is 5.69 Å². The van der Waals surface area contributed by atoms with Crippen molar-refractivity contribution in [2.24, 2.45) is 0 Å². The van der Waals surface area contributed by atoms with Crippen LogP contribution >= 0.6 is 0 Å². The SMILES string of the molecule is CCCCCCCCCCCCCOCCOCCOCCOCCOc1ccccc1N. The Morgan fingerprint density at radius 3 is 1.45 bits per heavy atom. The molecular formula is C27H49NO5. The van der Waals surface area contributed by atoms with Gasteiger partial charge in [-0.2, -0.15) is 0 Å². The Hall–Kier alpha value is -1.34. The van der Waals surface area contributed by atoms with Gasteiger partial charge in [0.25, 0.3) is 0 Å². The predicted octanol–water partition coefficient (Wildman–Crippen LogP) is 6.03. The summed E-state index contributed by atoms with van der Waals surface area (Å²) in [6.07, 6.45) is 14.9. The smallest absolute Gasteiger partial charge is 0.142 e. The summed E-state index contributed by atoms with van der Waals surface area (Å²) < 4.78 is 27.7. The van der Waals surface area contributed by atoms with E-state index in [2.05, 4.69) is 6.92 Å². The van der Waals surface area contributed by atoms with E-state index in [0.717, 1.165) is 13.0 Å². The lowest BCUT2D eigenvalue weighted by Crippen LogP contribution is -2.14. The van der Waals surface area contributed by atoms with Crippen LogP contribution in [0.25, 0.3) is 0 Å². The van der Waals surface area contributed by atoms with Gasteiger partial charge in [-0.1, -0.05) is 83.3 Å². The van der Waals surface area contributed by atoms with Crippen LogP contribution in [0.2, 0.25) is 0 Å². The summed E-state index contributed by atoms with van der Waals surface area (Å²) in [7, 11) is 0.